The van der Waals surface area contributed by atoms with Crippen molar-refractivity contribution >= 4 is 39.0 Å². The first-order valence-corrected chi connectivity index (χ1v) is 11.1. The summed E-state index contributed by atoms with van der Waals surface area (Å²) in [6.45, 7) is 3.30. The minimum Gasteiger partial charge on any atom is -0.355 e. The van der Waals surface area contributed by atoms with Gasteiger partial charge in [0, 0.05) is 49.4 Å². The molecule has 5 rings (SSSR count). The van der Waals surface area contributed by atoms with Gasteiger partial charge in [-0.2, -0.15) is 0 Å². The Hall–Kier alpha value is -2.32. The summed E-state index contributed by atoms with van der Waals surface area (Å²) in [5, 5.41) is 0.351. The van der Waals surface area contributed by atoms with Crippen molar-refractivity contribution in [2.45, 2.75) is 4.90 Å². The molecule has 2 fully saturated rings. The van der Waals surface area contributed by atoms with Gasteiger partial charge in [0.2, 0.25) is 0 Å². The van der Waals surface area contributed by atoms with Crippen molar-refractivity contribution in [2.24, 2.45) is 5.41 Å². The summed E-state index contributed by atoms with van der Waals surface area (Å²) in [6, 6.07) is 10.4. The minimum absolute atomic E-state index is 0.0848. The number of hydrogen-bond acceptors (Lipinski definition) is 5. The van der Waals surface area contributed by atoms with E-state index >= 15 is 0 Å². The van der Waals surface area contributed by atoms with Crippen molar-refractivity contribution in [3.8, 4) is 0 Å². The van der Waals surface area contributed by atoms with Gasteiger partial charge in [0.25, 0.3) is 0 Å². The van der Waals surface area contributed by atoms with Gasteiger partial charge >= 0.3 is 6.03 Å². The van der Waals surface area contributed by atoms with Crippen LogP contribution in [0.3, 0.4) is 0 Å². The zero-order valence-electron chi connectivity index (χ0n) is 15.1. The fourth-order valence-electron chi connectivity index (χ4n) is 4.34. The standard InChI is InChI=1S/C19H19ClN4O3S/c20-14-4-5-15-16(9-14)28(26,27)8-7-24(15)18(25)23-12-19(13-23)10-22(11-19)17-3-1-2-6-21-17/h1-6,9H,7-8,10-13H2. The molecule has 7 nitrogen and oxygen atoms in total. The van der Waals surface area contributed by atoms with Gasteiger partial charge in [0.15, 0.2) is 9.84 Å². The van der Waals surface area contributed by atoms with E-state index in [1.165, 1.54) is 6.07 Å². The van der Waals surface area contributed by atoms with E-state index in [0.29, 0.717) is 23.8 Å². The number of fused-ring (bicyclic) bond motifs is 1. The number of pyridine rings is 1. The van der Waals surface area contributed by atoms with E-state index in [4.69, 9.17) is 11.6 Å². The maximum atomic E-state index is 13.0. The molecule has 4 heterocycles. The van der Waals surface area contributed by atoms with Crippen LogP contribution in [-0.4, -0.2) is 62.8 Å². The summed E-state index contributed by atoms with van der Waals surface area (Å²) in [4.78, 5) is 23.1. The van der Waals surface area contributed by atoms with E-state index in [1.54, 1.807) is 28.1 Å². The minimum atomic E-state index is -3.41. The maximum absolute atomic E-state index is 13.0. The van der Waals surface area contributed by atoms with E-state index < -0.39 is 9.84 Å². The first-order chi connectivity index (χ1) is 13.4. The number of likely N-dealkylation sites (tertiary alicyclic amines) is 1. The van der Waals surface area contributed by atoms with Crippen LogP contribution in [-0.2, 0) is 9.84 Å². The Bertz CT molecular complexity index is 1050. The molecule has 2 amide bonds. The molecule has 0 N–H and O–H groups in total. The molecule has 3 aliphatic heterocycles. The Morgan fingerprint density at radius 2 is 1.89 bits per heavy atom. The fourth-order valence-corrected chi connectivity index (χ4v) is 6.02. The number of amides is 2. The number of sulfone groups is 1. The van der Waals surface area contributed by atoms with E-state index in [9.17, 15) is 13.2 Å². The summed E-state index contributed by atoms with van der Waals surface area (Å²) < 4.78 is 24.7. The topological polar surface area (TPSA) is 73.8 Å². The highest BCUT2D eigenvalue weighted by Gasteiger charge is 2.54. The van der Waals surface area contributed by atoms with Crippen LogP contribution in [0.15, 0.2) is 47.5 Å². The first kappa shape index (κ1) is 17.8. The van der Waals surface area contributed by atoms with E-state index in [1.807, 2.05) is 18.2 Å². The predicted octanol–water partition coefficient (Wildman–Crippen LogP) is 2.27. The van der Waals surface area contributed by atoms with Crippen LogP contribution in [0.4, 0.5) is 16.3 Å². The van der Waals surface area contributed by atoms with Gasteiger partial charge in [0.1, 0.15) is 5.82 Å². The second-order valence-electron chi connectivity index (χ2n) is 7.77. The van der Waals surface area contributed by atoms with Gasteiger partial charge in [-0.1, -0.05) is 17.7 Å². The molecule has 0 saturated carbocycles. The molecule has 1 aromatic carbocycles. The molecule has 0 radical (unpaired) electrons. The molecule has 28 heavy (non-hydrogen) atoms. The van der Waals surface area contributed by atoms with Crippen LogP contribution in [0.25, 0.3) is 0 Å². The van der Waals surface area contributed by atoms with Crippen LogP contribution >= 0.6 is 11.6 Å². The summed E-state index contributed by atoms with van der Waals surface area (Å²) in [6.07, 6.45) is 1.78. The third-order valence-electron chi connectivity index (χ3n) is 5.71. The van der Waals surface area contributed by atoms with Gasteiger partial charge in [-0.05, 0) is 30.3 Å². The number of aromatic nitrogens is 1. The van der Waals surface area contributed by atoms with E-state index in [2.05, 4.69) is 9.88 Å². The zero-order valence-corrected chi connectivity index (χ0v) is 16.7. The van der Waals surface area contributed by atoms with Crippen molar-refractivity contribution in [1.82, 2.24) is 9.88 Å². The third kappa shape index (κ3) is 2.74. The molecular weight excluding hydrogens is 400 g/mol. The first-order valence-electron chi connectivity index (χ1n) is 9.12. The van der Waals surface area contributed by atoms with Crippen LogP contribution in [0.5, 0.6) is 0 Å². The predicted molar refractivity (Wildman–Crippen MR) is 107 cm³/mol. The highest BCUT2D eigenvalue weighted by molar-refractivity contribution is 7.91. The van der Waals surface area contributed by atoms with E-state index in [0.717, 1.165) is 18.9 Å². The van der Waals surface area contributed by atoms with Gasteiger partial charge in [-0.3, -0.25) is 4.90 Å². The molecule has 3 aliphatic rings. The summed E-state index contributed by atoms with van der Waals surface area (Å²) in [5.74, 6) is 0.878. The van der Waals surface area contributed by atoms with Crippen LogP contribution < -0.4 is 9.80 Å². The molecule has 0 bridgehead atoms. The van der Waals surface area contributed by atoms with Crippen LogP contribution in [0.2, 0.25) is 5.02 Å². The largest absolute Gasteiger partial charge is 0.355 e. The Balaban J connectivity index is 1.28. The van der Waals surface area contributed by atoms with Crippen molar-refractivity contribution in [1.29, 1.82) is 0 Å². The number of carbonyl (C=O) groups excluding carboxylic acids is 1. The fraction of sp³-hybridized carbons (Fsp3) is 0.368. The van der Waals surface area contributed by atoms with Crippen LogP contribution in [0.1, 0.15) is 0 Å². The van der Waals surface area contributed by atoms with Gasteiger partial charge in [0.05, 0.1) is 16.3 Å². The Kier molecular flexibility index (Phi) is 3.86. The highest BCUT2D eigenvalue weighted by atomic mass is 35.5. The van der Waals surface area contributed by atoms with E-state index in [-0.39, 0.29) is 28.6 Å². The summed E-state index contributed by atoms with van der Waals surface area (Å²) in [5.41, 5.74) is 0.544. The molecule has 9 heteroatoms. The lowest BCUT2D eigenvalue weighted by atomic mass is 9.73. The molecule has 2 saturated heterocycles. The number of hydrogen-bond donors (Lipinski definition) is 0. The van der Waals surface area contributed by atoms with Gasteiger partial charge in [-0.25, -0.2) is 18.2 Å². The molecule has 0 atom stereocenters. The molecule has 1 aromatic heterocycles. The molecular formula is C19H19ClN4O3S. The third-order valence-corrected chi connectivity index (χ3v) is 7.66. The highest BCUT2D eigenvalue weighted by Crippen LogP contribution is 2.42. The number of benzene rings is 1. The molecule has 2 aromatic rings. The van der Waals surface area contributed by atoms with Crippen molar-refractivity contribution in [3.63, 3.8) is 0 Å². The number of nitrogens with zero attached hydrogens (tertiary/aromatic N) is 4. The summed E-state index contributed by atoms with van der Waals surface area (Å²) in [7, 11) is -3.41. The SMILES string of the molecule is O=C(N1CC2(C1)CN(c1ccccn1)C2)N1CCS(=O)(=O)c2cc(Cl)ccc21. The maximum Gasteiger partial charge on any atom is 0.324 e. The van der Waals surface area contributed by atoms with Crippen molar-refractivity contribution in [2.75, 3.05) is 48.3 Å². The average molecular weight is 419 g/mol. The quantitative estimate of drug-likeness (QED) is 0.710. The number of urea groups is 1. The monoisotopic (exact) mass is 418 g/mol. The normalized spacial score (nSPS) is 21.7. The Morgan fingerprint density at radius 3 is 2.61 bits per heavy atom. The van der Waals surface area contributed by atoms with Crippen molar-refractivity contribution < 1.29 is 13.2 Å². The van der Waals surface area contributed by atoms with Gasteiger partial charge in [-0.15, -0.1) is 0 Å². The molecule has 146 valence electrons. The number of rotatable bonds is 1. The smallest absolute Gasteiger partial charge is 0.324 e. The second-order valence-corrected chi connectivity index (χ2v) is 10.3. The molecule has 0 unspecified atom stereocenters. The van der Waals surface area contributed by atoms with Crippen LogP contribution in [0, 0.1) is 5.41 Å². The lowest BCUT2D eigenvalue weighted by molar-refractivity contribution is 0.00970. The number of anilines is 2. The summed E-state index contributed by atoms with van der Waals surface area (Å²) >= 11 is 5.97. The Morgan fingerprint density at radius 1 is 1.11 bits per heavy atom. The van der Waals surface area contributed by atoms with Crippen molar-refractivity contribution in [3.05, 3.63) is 47.6 Å². The zero-order chi connectivity index (χ0) is 19.5. The average Bonchev–Trinajstić information content (AvgIpc) is 2.61. The van der Waals surface area contributed by atoms with Gasteiger partial charge < -0.3 is 9.80 Å². The molecule has 1 spiro atoms. The molecule has 0 aliphatic carbocycles. The lowest BCUT2D eigenvalue weighted by Crippen LogP contribution is -2.74. The lowest BCUT2D eigenvalue weighted by Gasteiger charge is -2.60. The Labute approximate surface area is 168 Å². The number of halogens is 1. The number of carbonyl (C=O) groups is 1. The second kappa shape index (κ2) is 6.09.